The Morgan fingerprint density at radius 3 is 2.94 bits per heavy atom. The molecule has 18 heavy (non-hydrogen) atoms. The molecule has 1 aliphatic carbocycles. The van der Waals surface area contributed by atoms with E-state index in [-0.39, 0.29) is 8.16 Å². The van der Waals surface area contributed by atoms with E-state index in [0.717, 1.165) is 12.8 Å². The molecule has 1 unspecified atom stereocenters. The number of carbonyl (C=O) groups excluding carboxylic acids is 1. The van der Waals surface area contributed by atoms with Crippen molar-refractivity contribution in [3.05, 3.63) is 23.8 Å². The summed E-state index contributed by atoms with van der Waals surface area (Å²) in [6, 6.07) is 0. The average molecular weight is 254 g/mol. The predicted molar refractivity (Wildman–Crippen MR) is 72.8 cm³/mol. The van der Waals surface area contributed by atoms with Crippen LogP contribution in [-0.2, 0) is 9.47 Å². The Hall–Kier alpha value is -1.62. The molecule has 1 aliphatic rings. The molecule has 0 bridgehead atoms. The van der Waals surface area contributed by atoms with E-state index < -0.39 is 6.09 Å². The Kier molecular flexibility index (Phi) is 6.14. The summed E-state index contributed by atoms with van der Waals surface area (Å²) in [7, 11) is 3.25. The number of carbonyl (C=O) groups is 1. The van der Waals surface area contributed by atoms with Crippen molar-refractivity contribution in [1.29, 1.82) is 0 Å². The second-order valence-corrected chi connectivity index (χ2v) is 4.12. The lowest BCUT2D eigenvalue weighted by molar-refractivity contribution is 0.108. The number of alkyl carbamates (subject to hydrolysis) is 1. The van der Waals surface area contributed by atoms with Crippen LogP contribution in [0.4, 0.5) is 4.79 Å². The summed E-state index contributed by atoms with van der Waals surface area (Å²) in [5, 5.41) is 2.47. The number of aliphatic imine (C=N–C) groups is 1. The third-order valence-electron chi connectivity index (χ3n) is 2.77. The van der Waals surface area contributed by atoms with Crippen LogP contribution in [-0.4, -0.2) is 39.8 Å². The lowest BCUT2D eigenvalue weighted by atomic mass is 10.1. The molecule has 1 N–H and O–H groups in total. The summed E-state index contributed by atoms with van der Waals surface area (Å²) in [6.07, 6.45) is 5.00. The van der Waals surface area contributed by atoms with Crippen molar-refractivity contribution in [1.82, 2.24) is 5.32 Å². The highest BCUT2D eigenvalue weighted by molar-refractivity contribution is 5.81. The minimum absolute atomic E-state index is 0. The fourth-order valence-electron chi connectivity index (χ4n) is 1.96. The van der Waals surface area contributed by atoms with Gasteiger partial charge in [0.15, 0.2) is 0 Å². The highest BCUT2D eigenvalue weighted by Gasteiger charge is 2.22. The molecule has 0 aromatic rings. The highest BCUT2D eigenvalue weighted by atomic mass is 16.6. The Labute approximate surface area is 109 Å². The van der Waals surface area contributed by atoms with Crippen LogP contribution in [0.1, 0.15) is 14.3 Å². The predicted octanol–water partition coefficient (Wildman–Crippen LogP) is 2.16. The quantitative estimate of drug-likeness (QED) is 0.583. The number of nitrogens with zero attached hydrogens (tertiary/aromatic N) is 1. The fourth-order valence-corrected chi connectivity index (χ4v) is 1.96. The number of hydrogen-bond donors (Lipinski definition) is 1. The Morgan fingerprint density at radius 1 is 1.61 bits per heavy atom. The first kappa shape index (κ1) is 14.4. The molecule has 0 aromatic carbocycles. The first-order valence-electron chi connectivity index (χ1n) is 5.87. The molecule has 0 heterocycles. The summed E-state index contributed by atoms with van der Waals surface area (Å²) < 4.78 is 9.83. The van der Waals surface area contributed by atoms with Gasteiger partial charge >= 0.3 is 6.09 Å². The highest BCUT2D eigenvalue weighted by Crippen LogP contribution is 2.31. The number of allylic oxidation sites excluding steroid dienone is 3. The van der Waals surface area contributed by atoms with Crippen LogP contribution in [0.3, 0.4) is 0 Å². The van der Waals surface area contributed by atoms with Crippen molar-refractivity contribution in [2.75, 3.05) is 27.5 Å². The molecule has 0 saturated carbocycles. The maximum atomic E-state index is 11.2. The zero-order valence-corrected chi connectivity index (χ0v) is 10.9. The van der Waals surface area contributed by atoms with Crippen molar-refractivity contribution >= 4 is 12.3 Å². The number of hydrogen-bond acceptors (Lipinski definition) is 4. The average Bonchev–Trinajstić information content (AvgIpc) is 2.76. The van der Waals surface area contributed by atoms with E-state index in [1.54, 1.807) is 7.05 Å². The molecule has 0 saturated heterocycles. The standard InChI is InChI=1S/C13H20N2O3.H2/c1-4-11-5-10(6-12(11)7-14-2)8-18-13(16)15-9-17-3;/h4,7,10H,1,5-6,8-9H2,2-3H3,(H,15,16);1H. The second-order valence-electron chi connectivity index (χ2n) is 4.12. The first-order valence-corrected chi connectivity index (χ1v) is 5.87. The van der Waals surface area contributed by atoms with Gasteiger partial charge in [-0.25, -0.2) is 4.79 Å². The molecule has 0 spiro atoms. The van der Waals surface area contributed by atoms with Crippen LogP contribution >= 0.6 is 0 Å². The zero-order valence-electron chi connectivity index (χ0n) is 10.9. The van der Waals surface area contributed by atoms with E-state index in [0.29, 0.717) is 12.5 Å². The van der Waals surface area contributed by atoms with Crippen molar-refractivity contribution in [2.45, 2.75) is 12.8 Å². The lowest BCUT2D eigenvalue weighted by Gasteiger charge is -2.11. The van der Waals surface area contributed by atoms with Gasteiger partial charge in [-0.15, -0.1) is 0 Å². The maximum absolute atomic E-state index is 11.2. The molecule has 1 amide bonds. The monoisotopic (exact) mass is 254 g/mol. The van der Waals surface area contributed by atoms with Crippen LogP contribution in [0.5, 0.6) is 0 Å². The minimum atomic E-state index is -0.449. The van der Waals surface area contributed by atoms with Crippen LogP contribution in [0.15, 0.2) is 28.8 Å². The molecular formula is C13H22N2O3. The van der Waals surface area contributed by atoms with Crippen molar-refractivity contribution in [3.63, 3.8) is 0 Å². The van der Waals surface area contributed by atoms with E-state index in [2.05, 4.69) is 16.9 Å². The molecule has 5 heteroatoms. The lowest BCUT2D eigenvalue weighted by Crippen LogP contribution is -2.27. The largest absolute Gasteiger partial charge is 0.449 e. The first-order chi connectivity index (χ1) is 8.71. The third kappa shape index (κ3) is 4.33. The Bertz CT molecular complexity index is 367. The zero-order chi connectivity index (χ0) is 13.4. The third-order valence-corrected chi connectivity index (χ3v) is 2.77. The summed E-state index contributed by atoms with van der Waals surface area (Å²) in [6.45, 7) is 4.35. The second kappa shape index (κ2) is 7.66. The van der Waals surface area contributed by atoms with Crippen LogP contribution in [0.25, 0.3) is 0 Å². The van der Waals surface area contributed by atoms with Gasteiger partial charge in [0, 0.05) is 27.7 Å². The number of ether oxygens (including phenoxy) is 2. The Morgan fingerprint density at radius 2 is 2.33 bits per heavy atom. The number of nitrogens with one attached hydrogen (secondary N) is 1. The van der Waals surface area contributed by atoms with Gasteiger partial charge in [0.2, 0.25) is 0 Å². The number of amides is 1. The summed E-state index contributed by atoms with van der Waals surface area (Å²) in [5.74, 6) is 0.305. The summed E-state index contributed by atoms with van der Waals surface area (Å²) in [5.41, 5.74) is 2.37. The molecule has 102 valence electrons. The molecular weight excluding hydrogens is 232 g/mol. The number of methoxy groups -OCH3 is 1. The van der Waals surface area contributed by atoms with Crippen molar-refractivity contribution < 1.29 is 15.7 Å². The normalized spacial score (nSPS) is 19.3. The van der Waals surface area contributed by atoms with Gasteiger partial charge in [-0.2, -0.15) is 0 Å². The number of rotatable bonds is 6. The van der Waals surface area contributed by atoms with Crippen LogP contribution < -0.4 is 5.32 Å². The van der Waals surface area contributed by atoms with Crippen molar-refractivity contribution in [2.24, 2.45) is 10.9 Å². The van der Waals surface area contributed by atoms with Gasteiger partial charge in [0.05, 0.1) is 6.61 Å². The van der Waals surface area contributed by atoms with E-state index in [4.69, 9.17) is 9.47 Å². The van der Waals surface area contributed by atoms with Gasteiger partial charge in [0.1, 0.15) is 6.73 Å². The molecule has 0 aliphatic heterocycles. The maximum Gasteiger partial charge on any atom is 0.408 e. The Balaban J connectivity index is 0.00000324. The minimum Gasteiger partial charge on any atom is -0.449 e. The molecule has 5 nitrogen and oxygen atoms in total. The topological polar surface area (TPSA) is 59.9 Å². The van der Waals surface area contributed by atoms with Crippen LogP contribution in [0.2, 0.25) is 0 Å². The van der Waals surface area contributed by atoms with Gasteiger partial charge in [-0.3, -0.25) is 10.3 Å². The molecule has 0 fully saturated rings. The van der Waals surface area contributed by atoms with E-state index in [1.165, 1.54) is 18.3 Å². The smallest absolute Gasteiger partial charge is 0.408 e. The molecule has 0 aromatic heterocycles. The van der Waals surface area contributed by atoms with Crippen molar-refractivity contribution in [3.8, 4) is 0 Å². The van der Waals surface area contributed by atoms with Gasteiger partial charge in [-0.05, 0) is 24.0 Å². The molecule has 1 rings (SSSR count). The van der Waals surface area contributed by atoms with Gasteiger partial charge < -0.3 is 9.47 Å². The van der Waals surface area contributed by atoms with Gasteiger partial charge in [-0.1, -0.05) is 12.7 Å². The molecule has 0 radical (unpaired) electrons. The summed E-state index contributed by atoms with van der Waals surface area (Å²) >= 11 is 0. The fraction of sp³-hybridized carbons (Fsp3) is 0.538. The van der Waals surface area contributed by atoms with Crippen LogP contribution in [0, 0.1) is 5.92 Å². The summed E-state index contributed by atoms with van der Waals surface area (Å²) in [4.78, 5) is 15.3. The van der Waals surface area contributed by atoms with Gasteiger partial charge in [0.25, 0.3) is 0 Å². The SMILES string of the molecule is C=CC1=C(C=NC)CC(COC(=O)NCOC)C1.[HH]. The molecule has 1 atom stereocenters. The van der Waals surface area contributed by atoms with E-state index >= 15 is 0 Å². The van der Waals surface area contributed by atoms with E-state index in [1.807, 2.05) is 12.3 Å². The van der Waals surface area contributed by atoms with E-state index in [9.17, 15) is 4.79 Å².